The van der Waals surface area contributed by atoms with Crippen LogP contribution in [-0.4, -0.2) is 34.2 Å². The molecule has 1 aromatic carbocycles. The van der Waals surface area contributed by atoms with Gasteiger partial charge in [-0.05, 0) is 18.2 Å². The Kier molecular flexibility index (Phi) is 7.81. The summed E-state index contributed by atoms with van der Waals surface area (Å²) in [7, 11) is 1.69. The van der Waals surface area contributed by atoms with Crippen molar-refractivity contribution in [1.82, 2.24) is 10.3 Å². The van der Waals surface area contributed by atoms with Crippen LogP contribution in [0, 0.1) is 0 Å². The first-order chi connectivity index (χ1) is 11.0. The van der Waals surface area contributed by atoms with Crippen molar-refractivity contribution in [1.29, 1.82) is 0 Å². The Hall–Kier alpha value is -2.93. The largest absolute Gasteiger partial charge is 0.496 e. The monoisotopic (exact) mass is 318 g/mol. The fourth-order valence-electron chi connectivity index (χ4n) is 1.68. The molecule has 0 spiro atoms. The molecule has 0 aliphatic rings. The minimum Gasteiger partial charge on any atom is -0.496 e. The summed E-state index contributed by atoms with van der Waals surface area (Å²) in [6.07, 6.45) is 1.81. The lowest BCUT2D eigenvalue weighted by Crippen LogP contribution is -2.14. The second-order valence-corrected chi connectivity index (χ2v) is 4.35. The lowest BCUT2D eigenvalue weighted by Gasteiger charge is -2.08. The number of para-hydroxylation sites is 1. The third-order valence-electron chi connectivity index (χ3n) is 2.72. The number of carboxylic acids is 2. The average molecular weight is 318 g/mol. The number of aliphatic carboxylic acids is 2. The predicted molar refractivity (Wildman–Crippen MR) is 83.0 cm³/mol. The lowest BCUT2D eigenvalue weighted by atomic mass is 10.2. The number of aromatic nitrogens is 1. The lowest BCUT2D eigenvalue weighted by molar-refractivity contribution is -0.159. The molecule has 1 aromatic heterocycles. The van der Waals surface area contributed by atoms with Crippen LogP contribution in [0.2, 0.25) is 0 Å². The topological polar surface area (TPSA) is 109 Å². The average Bonchev–Trinajstić information content (AvgIpc) is 2.57. The number of carboxylic acid groups (broad SMARTS) is 2. The zero-order valence-corrected chi connectivity index (χ0v) is 12.6. The van der Waals surface area contributed by atoms with Crippen LogP contribution in [0.15, 0.2) is 48.7 Å². The van der Waals surface area contributed by atoms with Crippen LogP contribution < -0.4 is 10.1 Å². The van der Waals surface area contributed by atoms with Crippen LogP contribution in [0.3, 0.4) is 0 Å². The Labute approximate surface area is 133 Å². The first-order valence-electron chi connectivity index (χ1n) is 6.73. The number of hydrogen-bond donors (Lipinski definition) is 3. The molecular formula is C16H18N2O5. The van der Waals surface area contributed by atoms with Gasteiger partial charge in [0.1, 0.15) is 5.75 Å². The van der Waals surface area contributed by atoms with E-state index in [0.29, 0.717) is 0 Å². The van der Waals surface area contributed by atoms with E-state index in [4.69, 9.17) is 24.5 Å². The molecule has 0 fully saturated rings. The van der Waals surface area contributed by atoms with Crippen molar-refractivity contribution in [3.63, 3.8) is 0 Å². The Morgan fingerprint density at radius 2 is 1.70 bits per heavy atom. The van der Waals surface area contributed by atoms with Gasteiger partial charge in [0.25, 0.3) is 0 Å². The summed E-state index contributed by atoms with van der Waals surface area (Å²) in [5.41, 5.74) is 2.20. The summed E-state index contributed by atoms with van der Waals surface area (Å²) >= 11 is 0. The number of carbonyl (C=O) groups is 2. The van der Waals surface area contributed by atoms with Crippen molar-refractivity contribution >= 4 is 11.9 Å². The zero-order chi connectivity index (χ0) is 17.1. The van der Waals surface area contributed by atoms with Crippen LogP contribution in [0.25, 0.3) is 0 Å². The summed E-state index contributed by atoms with van der Waals surface area (Å²) in [5.74, 6) is -2.73. The molecule has 0 saturated heterocycles. The predicted octanol–water partition coefficient (Wildman–Crippen LogP) is 1.54. The zero-order valence-electron chi connectivity index (χ0n) is 12.6. The molecule has 3 N–H and O–H groups in total. The number of hydrogen-bond acceptors (Lipinski definition) is 5. The standard InChI is InChI=1S/C14H16N2O.C2H2O4/c1-17-14-8-3-2-6-12(14)10-15-11-13-7-4-5-9-16-13;3-1(4)2(5)6/h2-9,15H,10-11H2,1H3;(H,3,4)(H,5,6). The molecule has 23 heavy (non-hydrogen) atoms. The van der Waals surface area contributed by atoms with E-state index in [-0.39, 0.29) is 0 Å². The highest BCUT2D eigenvalue weighted by molar-refractivity contribution is 6.27. The molecule has 122 valence electrons. The van der Waals surface area contributed by atoms with Crippen molar-refractivity contribution in [3.05, 3.63) is 59.9 Å². The van der Waals surface area contributed by atoms with Crippen molar-refractivity contribution < 1.29 is 24.5 Å². The highest BCUT2D eigenvalue weighted by Gasteiger charge is 2.04. The highest BCUT2D eigenvalue weighted by Crippen LogP contribution is 2.16. The van der Waals surface area contributed by atoms with Gasteiger partial charge in [-0.15, -0.1) is 0 Å². The third kappa shape index (κ3) is 7.05. The highest BCUT2D eigenvalue weighted by atomic mass is 16.5. The number of methoxy groups -OCH3 is 1. The minimum atomic E-state index is -1.82. The fourth-order valence-corrected chi connectivity index (χ4v) is 1.68. The van der Waals surface area contributed by atoms with E-state index in [2.05, 4.69) is 16.4 Å². The van der Waals surface area contributed by atoms with Gasteiger partial charge < -0.3 is 20.3 Å². The summed E-state index contributed by atoms with van der Waals surface area (Å²) in [4.78, 5) is 22.5. The molecule has 1 heterocycles. The number of rotatable bonds is 5. The van der Waals surface area contributed by atoms with Gasteiger partial charge in [-0.3, -0.25) is 4.98 Å². The number of benzene rings is 1. The number of nitrogens with zero attached hydrogens (tertiary/aromatic N) is 1. The number of nitrogens with one attached hydrogen (secondary N) is 1. The maximum atomic E-state index is 9.10. The van der Waals surface area contributed by atoms with Gasteiger partial charge in [0.05, 0.1) is 12.8 Å². The van der Waals surface area contributed by atoms with Gasteiger partial charge in [-0.2, -0.15) is 0 Å². The first-order valence-corrected chi connectivity index (χ1v) is 6.73. The number of pyridine rings is 1. The van der Waals surface area contributed by atoms with Gasteiger partial charge in [0, 0.05) is 24.8 Å². The van der Waals surface area contributed by atoms with Gasteiger partial charge in [0.2, 0.25) is 0 Å². The molecule has 7 heteroatoms. The van der Waals surface area contributed by atoms with E-state index < -0.39 is 11.9 Å². The molecule has 0 bridgehead atoms. The first kappa shape index (κ1) is 18.1. The van der Waals surface area contributed by atoms with Gasteiger partial charge >= 0.3 is 11.9 Å². The Balaban J connectivity index is 0.000000379. The Morgan fingerprint density at radius 1 is 1.04 bits per heavy atom. The fraction of sp³-hybridized carbons (Fsp3) is 0.188. The van der Waals surface area contributed by atoms with Gasteiger partial charge in [-0.1, -0.05) is 24.3 Å². The summed E-state index contributed by atoms with van der Waals surface area (Å²) in [6, 6.07) is 13.9. The van der Waals surface area contributed by atoms with Crippen molar-refractivity contribution in [2.75, 3.05) is 7.11 Å². The minimum absolute atomic E-state index is 0.763. The van der Waals surface area contributed by atoms with Crippen molar-refractivity contribution in [2.24, 2.45) is 0 Å². The maximum absolute atomic E-state index is 9.10. The Morgan fingerprint density at radius 3 is 2.26 bits per heavy atom. The van der Waals surface area contributed by atoms with E-state index >= 15 is 0 Å². The second-order valence-electron chi connectivity index (χ2n) is 4.35. The quantitative estimate of drug-likeness (QED) is 0.717. The van der Waals surface area contributed by atoms with Crippen LogP contribution in [0.4, 0.5) is 0 Å². The van der Waals surface area contributed by atoms with E-state index in [9.17, 15) is 0 Å². The molecule has 0 radical (unpaired) electrons. The van der Waals surface area contributed by atoms with Crippen LogP contribution in [0.5, 0.6) is 5.75 Å². The molecule has 0 aliphatic heterocycles. The maximum Gasteiger partial charge on any atom is 0.414 e. The van der Waals surface area contributed by atoms with E-state index in [0.717, 1.165) is 30.1 Å². The van der Waals surface area contributed by atoms with Crippen molar-refractivity contribution in [3.8, 4) is 5.75 Å². The normalized spacial score (nSPS) is 9.43. The molecule has 0 saturated carbocycles. The molecule has 0 amide bonds. The van der Waals surface area contributed by atoms with E-state index in [1.54, 1.807) is 13.3 Å². The molecule has 0 aliphatic carbocycles. The second kappa shape index (κ2) is 9.91. The van der Waals surface area contributed by atoms with Gasteiger partial charge in [-0.25, -0.2) is 9.59 Å². The van der Waals surface area contributed by atoms with Crippen LogP contribution >= 0.6 is 0 Å². The molecule has 2 rings (SSSR count). The molecular weight excluding hydrogens is 300 g/mol. The van der Waals surface area contributed by atoms with Crippen molar-refractivity contribution in [2.45, 2.75) is 13.1 Å². The Bertz CT molecular complexity index is 619. The van der Waals surface area contributed by atoms with Crippen LogP contribution in [-0.2, 0) is 22.7 Å². The molecule has 7 nitrogen and oxygen atoms in total. The smallest absolute Gasteiger partial charge is 0.414 e. The number of ether oxygens (including phenoxy) is 1. The molecule has 0 atom stereocenters. The van der Waals surface area contributed by atoms with E-state index in [1.165, 1.54) is 0 Å². The van der Waals surface area contributed by atoms with Crippen LogP contribution in [0.1, 0.15) is 11.3 Å². The summed E-state index contributed by atoms with van der Waals surface area (Å²) < 4.78 is 5.29. The summed E-state index contributed by atoms with van der Waals surface area (Å²) in [6.45, 7) is 1.54. The SMILES string of the molecule is COc1ccccc1CNCc1ccccn1.O=C(O)C(=O)O. The summed E-state index contributed by atoms with van der Waals surface area (Å²) in [5, 5.41) is 18.1. The van der Waals surface area contributed by atoms with E-state index in [1.807, 2.05) is 36.4 Å². The molecule has 0 unspecified atom stereocenters. The van der Waals surface area contributed by atoms with Gasteiger partial charge in [0.15, 0.2) is 0 Å². The third-order valence-corrected chi connectivity index (χ3v) is 2.72. The molecule has 2 aromatic rings.